The van der Waals surface area contributed by atoms with Gasteiger partial charge in [0.2, 0.25) is 0 Å². The molecular formula is C71H126O16P2. The number of hydrogen-bond donors (Lipinski definition) is 4. The first-order valence-electron chi connectivity index (χ1n) is 34.9. The quantitative estimate of drug-likeness (QED) is 0.0146. The molecule has 0 aromatic rings. The summed E-state index contributed by atoms with van der Waals surface area (Å²) >= 11 is 0. The molecular weight excluding hydrogens is 1170 g/mol. The molecule has 16 nitrogen and oxygen atoms in total. The average Bonchev–Trinajstić information content (AvgIpc) is 3.70. The van der Waals surface area contributed by atoms with Crippen molar-refractivity contribution >= 4 is 33.6 Å². The van der Waals surface area contributed by atoms with Crippen LogP contribution in [0.5, 0.6) is 0 Å². The number of carbonyl (C=O) groups excluding carboxylic acids is 3. The van der Waals surface area contributed by atoms with Crippen LogP contribution in [-0.4, -0.2) is 95.9 Å². The zero-order chi connectivity index (χ0) is 65.3. The van der Waals surface area contributed by atoms with Crippen molar-refractivity contribution in [1.82, 2.24) is 0 Å². The fourth-order valence-corrected chi connectivity index (χ4v) is 10.9. The van der Waals surface area contributed by atoms with Gasteiger partial charge < -0.3 is 34.2 Å². The Morgan fingerprint density at radius 1 is 0.326 bits per heavy atom. The second-order valence-corrected chi connectivity index (χ2v) is 26.2. The van der Waals surface area contributed by atoms with Gasteiger partial charge in [0, 0.05) is 19.3 Å². The maximum absolute atomic E-state index is 12.9. The molecule has 0 rings (SSSR count). The topological polar surface area (TPSA) is 231 Å². The van der Waals surface area contributed by atoms with Crippen LogP contribution in [0.1, 0.15) is 290 Å². The first-order chi connectivity index (χ1) is 43.2. The van der Waals surface area contributed by atoms with Gasteiger partial charge in [0.1, 0.15) is 25.4 Å². The van der Waals surface area contributed by atoms with Gasteiger partial charge in [-0.15, -0.1) is 0 Å². The summed E-state index contributed by atoms with van der Waals surface area (Å²) in [5.41, 5.74) is 0. The highest BCUT2D eigenvalue weighted by Gasteiger charge is 2.29. The number of unbranched alkanes of at least 4 members (excludes halogenated alkanes) is 29. The molecule has 0 aliphatic carbocycles. The van der Waals surface area contributed by atoms with E-state index in [1.165, 1.54) is 96.3 Å². The second-order valence-electron chi connectivity index (χ2n) is 23.3. The van der Waals surface area contributed by atoms with Crippen LogP contribution in [0.4, 0.5) is 0 Å². The lowest BCUT2D eigenvalue weighted by molar-refractivity contribution is -0.161. The zero-order valence-corrected chi connectivity index (χ0v) is 57.6. The molecule has 0 saturated heterocycles. The van der Waals surface area contributed by atoms with Gasteiger partial charge >= 0.3 is 33.6 Å². The number of rotatable bonds is 66. The van der Waals surface area contributed by atoms with E-state index in [9.17, 15) is 43.5 Å². The highest BCUT2D eigenvalue weighted by atomic mass is 31.2. The predicted octanol–water partition coefficient (Wildman–Crippen LogP) is 19.3. The number of aliphatic hydroxyl groups is 2. The van der Waals surface area contributed by atoms with Crippen LogP contribution in [0.25, 0.3) is 0 Å². The SMILES string of the molecule is CC/C=C\C/C=C\C/C=C\C/C=C\C/C=C\CCCCCCCCCCCC(=O)OCC(O)COP(=O)(O)OCC(O)COP(=O)(O)OCC(COC(=O)CCCCCCCCCCCCCCCCC)OC(=O)CCCCCCC/C=C\C/C=C\CCC. The summed E-state index contributed by atoms with van der Waals surface area (Å²) in [5.74, 6) is -1.59. The highest BCUT2D eigenvalue weighted by molar-refractivity contribution is 7.47. The summed E-state index contributed by atoms with van der Waals surface area (Å²) in [7, 11) is -9.77. The van der Waals surface area contributed by atoms with Crippen LogP contribution in [0.3, 0.4) is 0 Å². The molecule has 5 atom stereocenters. The monoisotopic (exact) mass is 1300 g/mol. The standard InChI is InChI=1S/C71H126O16P2/c1-4-7-10-13-16-19-22-25-27-28-29-30-31-32-33-34-35-36-38-41-42-45-48-51-54-57-69(74)81-60-66(72)61-83-88(77,78)84-62-67(73)63-85-89(79,80)86-65-68(87-71(76)59-56-53-50-47-44-39-24-21-18-15-12-9-6-3)64-82-70(75)58-55-52-49-46-43-40-37-26-23-20-17-14-11-8-5-2/h7,10,12,15-16,19,21,24-25,27,29-30,32-33,66-68,72-73H,4-6,8-9,11,13-14,17-18,20,22-23,26,28,31,34-65H2,1-3H3,(H,77,78)(H,79,80)/b10-7-,15-12-,19-16-,24-21-,27-25-,30-29-,33-32-. The first-order valence-corrected chi connectivity index (χ1v) is 37.9. The van der Waals surface area contributed by atoms with E-state index in [-0.39, 0.29) is 19.3 Å². The van der Waals surface area contributed by atoms with Gasteiger partial charge in [-0.2, -0.15) is 0 Å². The molecule has 516 valence electrons. The van der Waals surface area contributed by atoms with E-state index >= 15 is 0 Å². The Labute approximate surface area is 540 Å². The van der Waals surface area contributed by atoms with Crippen LogP contribution in [0.15, 0.2) is 85.1 Å². The van der Waals surface area contributed by atoms with E-state index in [1.807, 2.05) is 0 Å². The van der Waals surface area contributed by atoms with Crippen molar-refractivity contribution in [2.75, 3.05) is 39.6 Å². The van der Waals surface area contributed by atoms with Gasteiger partial charge in [0.15, 0.2) is 6.10 Å². The van der Waals surface area contributed by atoms with Crippen molar-refractivity contribution in [3.05, 3.63) is 85.1 Å². The van der Waals surface area contributed by atoms with E-state index in [2.05, 4.69) is 106 Å². The van der Waals surface area contributed by atoms with Crippen molar-refractivity contribution < 1.29 is 75.8 Å². The van der Waals surface area contributed by atoms with E-state index in [1.54, 1.807) is 0 Å². The Morgan fingerprint density at radius 2 is 0.618 bits per heavy atom. The smallest absolute Gasteiger partial charge is 0.463 e. The van der Waals surface area contributed by atoms with E-state index in [0.717, 1.165) is 135 Å². The molecule has 0 aromatic heterocycles. The molecule has 18 heteroatoms. The lowest BCUT2D eigenvalue weighted by Gasteiger charge is -2.21. The third-order valence-corrected chi connectivity index (χ3v) is 16.5. The van der Waals surface area contributed by atoms with Crippen LogP contribution >= 0.6 is 15.6 Å². The van der Waals surface area contributed by atoms with Gasteiger partial charge in [-0.3, -0.25) is 32.5 Å². The van der Waals surface area contributed by atoms with Gasteiger partial charge in [0.05, 0.1) is 26.4 Å². The molecule has 0 aliphatic heterocycles. The Balaban J connectivity index is 4.52. The lowest BCUT2D eigenvalue weighted by Crippen LogP contribution is -2.30. The Kier molecular flexibility index (Phi) is 62.4. The third-order valence-electron chi connectivity index (χ3n) is 14.6. The summed E-state index contributed by atoms with van der Waals surface area (Å²) in [6, 6.07) is 0. The largest absolute Gasteiger partial charge is 0.472 e. The molecule has 0 radical (unpaired) electrons. The Hall–Kier alpha value is -3.27. The molecule has 0 fully saturated rings. The molecule has 5 unspecified atom stereocenters. The number of carbonyl (C=O) groups is 3. The summed E-state index contributed by atoms with van der Waals surface area (Å²) in [5, 5.41) is 20.5. The van der Waals surface area contributed by atoms with Gasteiger partial charge in [-0.05, 0) is 89.9 Å². The minimum absolute atomic E-state index is 0.0912. The lowest BCUT2D eigenvalue weighted by atomic mass is 10.0. The molecule has 89 heavy (non-hydrogen) atoms. The number of phosphoric acid groups is 2. The number of ether oxygens (including phenoxy) is 3. The molecule has 0 bridgehead atoms. The van der Waals surface area contributed by atoms with E-state index in [0.29, 0.717) is 19.3 Å². The molecule has 4 N–H and O–H groups in total. The molecule has 0 aliphatic rings. The van der Waals surface area contributed by atoms with Crippen molar-refractivity contribution in [2.24, 2.45) is 0 Å². The van der Waals surface area contributed by atoms with Crippen molar-refractivity contribution in [3.8, 4) is 0 Å². The van der Waals surface area contributed by atoms with Crippen molar-refractivity contribution in [2.45, 2.75) is 309 Å². The molecule has 0 amide bonds. The fourth-order valence-electron chi connectivity index (χ4n) is 9.28. The Morgan fingerprint density at radius 3 is 0.989 bits per heavy atom. The fraction of sp³-hybridized carbons (Fsp3) is 0.761. The van der Waals surface area contributed by atoms with Crippen LogP contribution in [0, 0.1) is 0 Å². The minimum atomic E-state index is -4.92. The van der Waals surface area contributed by atoms with Gasteiger partial charge in [0.25, 0.3) is 0 Å². The first kappa shape index (κ1) is 85.7. The maximum atomic E-state index is 12.9. The minimum Gasteiger partial charge on any atom is -0.463 e. The number of aliphatic hydroxyl groups excluding tert-OH is 2. The molecule has 0 saturated carbocycles. The van der Waals surface area contributed by atoms with Crippen molar-refractivity contribution in [1.29, 1.82) is 0 Å². The summed E-state index contributed by atoms with van der Waals surface area (Å²) in [6.45, 7) is 2.49. The van der Waals surface area contributed by atoms with Crippen molar-refractivity contribution in [3.63, 3.8) is 0 Å². The number of allylic oxidation sites excluding steroid dienone is 14. The summed E-state index contributed by atoms with van der Waals surface area (Å²) in [4.78, 5) is 58.3. The molecule has 0 heterocycles. The summed E-state index contributed by atoms with van der Waals surface area (Å²) in [6.07, 6.45) is 69.2. The van der Waals surface area contributed by atoms with Crippen LogP contribution in [0.2, 0.25) is 0 Å². The zero-order valence-electron chi connectivity index (χ0n) is 55.8. The number of hydrogen-bond acceptors (Lipinski definition) is 14. The van der Waals surface area contributed by atoms with Crippen LogP contribution in [-0.2, 0) is 55.8 Å². The summed E-state index contributed by atoms with van der Waals surface area (Å²) < 4.78 is 60.9. The maximum Gasteiger partial charge on any atom is 0.472 e. The van der Waals surface area contributed by atoms with E-state index in [4.69, 9.17) is 32.3 Å². The highest BCUT2D eigenvalue weighted by Crippen LogP contribution is 2.45. The van der Waals surface area contributed by atoms with E-state index < -0.39 is 91.5 Å². The third kappa shape index (κ3) is 66.0. The average molecular weight is 1300 g/mol. The number of phosphoric ester groups is 2. The van der Waals surface area contributed by atoms with Gasteiger partial charge in [-0.25, -0.2) is 9.13 Å². The molecule has 0 spiro atoms. The Bertz CT molecular complexity index is 1970. The molecule has 0 aromatic carbocycles. The predicted molar refractivity (Wildman–Crippen MR) is 362 cm³/mol. The second kappa shape index (κ2) is 64.8. The van der Waals surface area contributed by atoms with Gasteiger partial charge in [-0.1, -0.05) is 266 Å². The van der Waals surface area contributed by atoms with Crippen LogP contribution < -0.4 is 0 Å². The normalized spacial score (nSPS) is 14.7. The number of esters is 3.